The molecule has 3 heteroatoms. The van der Waals surface area contributed by atoms with Crippen LogP contribution in [0.2, 0.25) is 0 Å². The summed E-state index contributed by atoms with van der Waals surface area (Å²) in [6.45, 7) is 8.27. The van der Waals surface area contributed by atoms with E-state index in [1.165, 1.54) is 38.5 Å². The molecule has 1 aliphatic rings. The Kier molecular flexibility index (Phi) is 6.69. The summed E-state index contributed by atoms with van der Waals surface area (Å²) in [5, 5.41) is 6.46. The normalized spacial score (nSPS) is 26.7. The molecule has 3 unspecified atom stereocenters. The molecule has 1 rings (SSSR count). The minimum Gasteiger partial charge on any atom is -0.353 e. The molecular formula is C15H30N2O. The van der Waals surface area contributed by atoms with Gasteiger partial charge in [0.2, 0.25) is 5.91 Å². The predicted molar refractivity (Wildman–Crippen MR) is 76.5 cm³/mol. The molecule has 0 aromatic rings. The van der Waals surface area contributed by atoms with Crippen LogP contribution < -0.4 is 10.6 Å². The van der Waals surface area contributed by atoms with E-state index >= 15 is 0 Å². The lowest BCUT2D eigenvalue weighted by Crippen LogP contribution is -2.48. The van der Waals surface area contributed by atoms with Crippen LogP contribution in [-0.4, -0.2) is 24.0 Å². The molecule has 0 aromatic carbocycles. The number of rotatable bonds is 5. The summed E-state index contributed by atoms with van der Waals surface area (Å²) in [4.78, 5) is 11.9. The number of hydrogen-bond donors (Lipinski definition) is 2. The Balaban J connectivity index is 2.35. The highest BCUT2D eigenvalue weighted by Gasteiger charge is 2.21. The third kappa shape index (κ3) is 5.38. The van der Waals surface area contributed by atoms with E-state index in [9.17, 15) is 4.79 Å². The molecular weight excluding hydrogens is 224 g/mol. The molecule has 3 atom stereocenters. The van der Waals surface area contributed by atoms with Crippen LogP contribution in [0.5, 0.6) is 0 Å². The highest BCUT2D eigenvalue weighted by molar-refractivity contribution is 5.81. The molecule has 1 amide bonds. The van der Waals surface area contributed by atoms with Crippen LogP contribution in [0.25, 0.3) is 0 Å². The van der Waals surface area contributed by atoms with Crippen molar-refractivity contribution in [3.05, 3.63) is 0 Å². The van der Waals surface area contributed by atoms with E-state index in [1.807, 2.05) is 20.8 Å². The van der Waals surface area contributed by atoms with Crippen molar-refractivity contribution in [2.75, 3.05) is 0 Å². The van der Waals surface area contributed by atoms with E-state index in [0.717, 1.165) is 5.92 Å². The Morgan fingerprint density at radius 2 is 1.89 bits per heavy atom. The zero-order valence-corrected chi connectivity index (χ0v) is 12.5. The zero-order valence-electron chi connectivity index (χ0n) is 12.5. The fourth-order valence-electron chi connectivity index (χ4n) is 2.79. The molecule has 2 N–H and O–H groups in total. The number of hydrogen-bond acceptors (Lipinski definition) is 2. The summed E-state index contributed by atoms with van der Waals surface area (Å²) in [6, 6.07) is 0.672. The third-order valence-electron chi connectivity index (χ3n) is 3.98. The fourth-order valence-corrected chi connectivity index (χ4v) is 2.79. The molecule has 1 fully saturated rings. The Morgan fingerprint density at radius 3 is 2.50 bits per heavy atom. The van der Waals surface area contributed by atoms with Crippen LogP contribution >= 0.6 is 0 Å². The van der Waals surface area contributed by atoms with Crippen molar-refractivity contribution in [3.8, 4) is 0 Å². The van der Waals surface area contributed by atoms with Crippen LogP contribution in [-0.2, 0) is 4.79 Å². The molecule has 18 heavy (non-hydrogen) atoms. The first-order valence-corrected chi connectivity index (χ1v) is 7.59. The van der Waals surface area contributed by atoms with Gasteiger partial charge in [-0.2, -0.15) is 0 Å². The van der Waals surface area contributed by atoms with Gasteiger partial charge in [0, 0.05) is 12.1 Å². The molecule has 0 spiro atoms. The zero-order chi connectivity index (χ0) is 13.5. The maximum atomic E-state index is 11.9. The van der Waals surface area contributed by atoms with Gasteiger partial charge in [-0.15, -0.1) is 0 Å². The van der Waals surface area contributed by atoms with Crippen molar-refractivity contribution in [2.45, 2.75) is 84.3 Å². The summed E-state index contributed by atoms with van der Waals surface area (Å²) < 4.78 is 0. The van der Waals surface area contributed by atoms with Gasteiger partial charge in [-0.3, -0.25) is 4.79 Å². The van der Waals surface area contributed by atoms with E-state index in [2.05, 4.69) is 17.6 Å². The molecule has 0 saturated heterocycles. The Labute approximate surface area is 112 Å². The molecule has 0 radical (unpaired) electrons. The second-order valence-corrected chi connectivity index (χ2v) is 6.03. The molecule has 3 nitrogen and oxygen atoms in total. The van der Waals surface area contributed by atoms with Crippen molar-refractivity contribution in [1.82, 2.24) is 10.6 Å². The quantitative estimate of drug-likeness (QED) is 0.741. The average molecular weight is 254 g/mol. The van der Waals surface area contributed by atoms with E-state index < -0.39 is 0 Å². The highest BCUT2D eigenvalue weighted by Crippen LogP contribution is 2.25. The van der Waals surface area contributed by atoms with Crippen LogP contribution in [0.15, 0.2) is 0 Å². The second-order valence-electron chi connectivity index (χ2n) is 6.03. The van der Waals surface area contributed by atoms with E-state index in [4.69, 9.17) is 0 Å². The first kappa shape index (κ1) is 15.5. The first-order valence-electron chi connectivity index (χ1n) is 7.59. The first-order chi connectivity index (χ1) is 8.52. The van der Waals surface area contributed by atoms with Crippen molar-refractivity contribution >= 4 is 5.91 Å². The van der Waals surface area contributed by atoms with Gasteiger partial charge in [-0.1, -0.05) is 26.2 Å². The monoisotopic (exact) mass is 254 g/mol. The molecule has 1 saturated carbocycles. The van der Waals surface area contributed by atoms with Crippen LogP contribution in [0.3, 0.4) is 0 Å². The van der Waals surface area contributed by atoms with Crippen molar-refractivity contribution in [3.63, 3.8) is 0 Å². The van der Waals surface area contributed by atoms with Crippen molar-refractivity contribution < 1.29 is 4.79 Å². The van der Waals surface area contributed by atoms with Gasteiger partial charge in [-0.05, 0) is 46.0 Å². The maximum absolute atomic E-state index is 11.9. The standard InChI is InChI=1S/C15H30N2O/c1-5-13-7-6-8-14(10-9-13)17-12(4)15(18)16-11(2)3/h11-14,17H,5-10H2,1-4H3,(H,16,18). The maximum Gasteiger partial charge on any atom is 0.237 e. The van der Waals surface area contributed by atoms with Gasteiger partial charge in [0.15, 0.2) is 0 Å². The number of carbonyl (C=O) groups is 1. The Bertz CT molecular complexity index is 253. The summed E-state index contributed by atoms with van der Waals surface area (Å²) >= 11 is 0. The van der Waals surface area contributed by atoms with Crippen LogP contribution in [0.1, 0.15) is 66.2 Å². The summed E-state index contributed by atoms with van der Waals surface area (Å²) in [7, 11) is 0. The topological polar surface area (TPSA) is 41.1 Å². The van der Waals surface area contributed by atoms with Gasteiger partial charge in [-0.25, -0.2) is 0 Å². The minimum atomic E-state index is -0.0735. The van der Waals surface area contributed by atoms with E-state index in [-0.39, 0.29) is 18.0 Å². The third-order valence-corrected chi connectivity index (χ3v) is 3.98. The molecule has 0 heterocycles. The molecule has 106 valence electrons. The van der Waals surface area contributed by atoms with Gasteiger partial charge >= 0.3 is 0 Å². The smallest absolute Gasteiger partial charge is 0.237 e. The summed E-state index contributed by atoms with van der Waals surface area (Å²) in [6.07, 6.45) is 7.71. The number of nitrogens with one attached hydrogen (secondary N) is 2. The lowest BCUT2D eigenvalue weighted by molar-refractivity contribution is -0.123. The van der Waals surface area contributed by atoms with Gasteiger partial charge in [0.05, 0.1) is 6.04 Å². The second kappa shape index (κ2) is 7.78. The SMILES string of the molecule is CCC1CCCC(NC(C)C(=O)NC(C)C)CC1. The van der Waals surface area contributed by atoms with Crippen molar-refractivity contribution in [1.29, 1.82) is 0 Å². The lowest BCUT2D eigenvalue weighted by Gasteiger charge is -2.22. The number of carbonyl (C=O) groups excluding carboxylic acids is 1. The predicted octanol–water partition coefficient (Wildman–Crippen LogP) is 2.85. The van der Waals surface area contributed by atoms with Crippen molar-refractivity contribution in [2.24, 2.45) is 5.92 Å². The Morgan fingerprint density at radius 1 is 1.17 bits per heavy atom. The Hall–Kier alpha value is -0.570. The molecule has 0 aromatic heterocycles. The van der Waals surface area contributed by atoms with Crippen LogP contribution in [0.4, 0.5) is 0 Å². The number of amides is 1. The largest absolute Gasteiger partial charge is 0.353 e. The average Bonchev–Trinajstić information content (AvgIpc) is 2.53. The molecule has 0 aliphatic heterocycles. The van der Waals surface area contributed by atoms with Gasteiger partial charge in [0.1, 0.15) is 0 Å². The van der Waals surface area contributed by atoms with Crippen LogP contribution in [0, 0.1) is 5.92 Å². The lowest BCUT2D eigenvalue weighted by atomic mass is 9.98. The summed E-state index contributed by atoms with van der Waals surface area (Å²) in [5.41, 5.74) is 0. The minimum absolute atomic E-state index is 0.0735. The van der Waals surface area contributed by atoms with E-state index in [0.29, 0.717) is 6.04 Å². The molecule has 0 bridgehead atoms. The van der Waals surface area contributed by atoms with Gasteiger partial charge < -0.3 is 10.6 Å². The summed E-state index contributed by atoms with van der Waals surface area (Å²) in [5.74, 6) is 1.03. The highest BCUT2D eigenvalue weighted by atomic mass is 16.2. The van der Waals surface area contributed by atoms with Gasteiger partial charge in [0.25, 0.3) is 0 Å². The van der Waals surface area contributed by atoms with E-state index in [1.54, 1.807) is 0 Å². The molecule has 1 aliphatic carbocycles. The fraction of sp³-hybridized carbons (Fsp3) is 0.933.